The Bertz CT molecular complexity index is 584. The van der Waals surface area contributed by atoms with Crippen LogP contribution < -0.4 is 10.5 Å². The second-order valence-electron chi connectivity index (χ2n) is 4.69. The molecule has 0 bridgehead atoms. The maximum Gasteiger partial charge on any atom is 0.119 e. The van der Waals surface area contributed by atoms with Crippen molar-refractivity contribution in [2.45, 2.75) is 12.2 Å². The molecule has 0 saturated carbocycles. The fraction of sp³-hybridized carbons (Fsp3) is 0.250. The summed E-state index contributed by atoms with van der Waals surface area (Å²) in [5, 5.41) is 0.696. The number of nitrogens with two attached hydrogens (primary N) is 1. The molecule has 0 amide bonds. The molecule has 1 unspecified atom stereocenters. The SMILES string of the molecule is Nc1ccc(OCCCS(=O)Cc2ccc(Cl)cc2)cc1. The normalized spacial score (nSPS) is 12.0. The quantitative estimate of drug-likeness (QED) is 0.625. The maximum absolute atomic E-state index is 12.0. The molecule has 112 valence electrons. The third-order valence-electron chi connectivity index (χ3n) is 2.91. The number of hydrogen-bond donors (Lipinski definition) is 1. The number of benzene rings is 2. The van der Waals surface area contributed by atoms with Crippen LogP contribution in [0.25, 0.3) is 0 Å². The van der Waals surface area contributed by atoms with E-state index in [1.54, 1.807) is 12.1 Å². The third-order valence-corrected chi connectivity index (χ3v) is 4.56. The van der Waals surface area contributed by atoms with E-state index in [0.29, 0.717) is 28.8 Å². The lowest BCUT2D eigenvalue weighted by Gasteiger charge is -2.06. The molecule has 0 aliphatic heterocycles. The van der Waals surface area contributed by atoms with Crippen molar-refractivity contribution in [3.05, 3.63) is 59.1 Å². The van der Waals surface area contributed by atoms with E-state index in [1.165, 1.54) is 0 Å². The molecule has 0 aromatic heterocycles. The van der Waals surface area contributed by atoms with E-state index in [0.717, 1.165) is 17.7 Å². The highest BCUT2D eigenvalue weighted by molar-refractivity contribution is 7.84. The van der Waals surface area contributed by atoms with Crippen molar-refractivity contribution >= 4 is 28.1 Å². The van der Waals surface area contributed by atoms with Crippen molar-refractivity contribution in [1.82, 2.24) is 0 Å². The second-order valence-corrected chi connectivity index (χ2v) is 6.70. The zero-order chi connectivity index (χ0) is 15.1. The lowest BCUT2D eigenvalue weighted by molar-refractivity contribution is 0.318. The van der Waals surface area contributed by atoms with E-state index >= 15 is 0 Å². The Kier molecular flexibility index (Phi) is 6.08. The smallest absolute Gasteiger partial charge is 0.119 e. The van der Waals surface area contributed by atoms with Crippen LogP contribution in [0.3, 0.4) is 0 Å². The van der Waals surface area contributed by atoms with Gasteiger partial charge >= 0.3 is 0 Å². The van der Waals surface area contributed by atoms with Gasteiger partial charge in [-0.2, -0.15) is 0 Å². The van der Waals surface area contributed by atoms with Crippen molar-refractivity contribution in [1.29, 1.82) is 0 Å². The highest BCUT2D eigenvalue weighted by atomic mass is 35.5. The van der Waals surface area contributed by atoms with Crippen LogP contribution in [0.15, 0.2) is 48.5 Å². The Morgan fingerprint density at radius 2 is 1.71 bits per heavy atom. The van der Waals surface area contributed by atoms with Gasteiger partial charge in [0.1, 0.15) is 5.75 Å². The van der Waals surface area contributed by atoms with Gasteiger partial charge in [-0.25, -0.2) is 0 Å². The minimum Gasteiger partial charge on any atom is -0.494 e. The van der Waals surface area contributed by atoms with Gasteiger partial charge in [-0.3, -0.25) is 4.21 Å². The molecule has 0 fully saturated rings. The average Bonchev–Trinajstić information content (AvgIpc) is 2.48. The van der Waals surface area contributed by atoms with Crippen LogP contribution >= 0.6 is 11.6 Å². The van der Waals surface area contributed by atoms with E-state index in [4.69, 9.17) is 22.1 Å². The molecule has 0 heterocycles. The molecule has 2 N–H and O–H groups in total. The van der Waals surface area contributed by atoms with Gasteiger partial charge in [0.15, 0.2) is 0 Å². The molecular formula is C16H18ClNO2S. The Morgan fingerprint density at radius 3 is 2.38 bits per heavy atom. The van der Waals surface area contributed by atoms with Crippen LogP contribution in [-0.2, 0) is 16.6 Å². The van der Waals surface area contributed by atoms with Gasteiger partial charge in [0.2, 0.25) is 0 Å². The summed E-state index contributed by atoms with van der Waals surface area (Å²) in [6.07, 6.45) is 0.755. The highest BCUT2D eigenvalue weighted by Crippen LogP contribution is 2.14. The summed E-state index contributed by atoms with van der Waals surface area (Å²) in [5.41, 5.74) is 7.35. The lowest BCUT2D eigenvalue weighted by Crippen LogP contribution is -2.06. The van der Waals surface area contributed by atoms with Crippen molar-refractivity contribution in [2.75, 3.05) is 18.1 Å². The molecule has 0 radical (unpaired) electrons. The van der Waals surface area contributed by atoms with Gasteiger partial charge < -0.3 is 10.5 Å². The number of rotatable bonds is 7. The van der Waals surface area contributed by atoms with E-state index in [-0.39, 0.29) is 0 Å². The van der Waals surface area contributed by atoms with Gasteiger partial charge in [0.05, 0.1) is 6.61 Å². The van der Waals surface area contributed by atoms with Crippen molar-refractivity contribution in [3.63, 3.8) is 0 Å². The van der Waals surface area contributed by atoms with Crippen LogP contribution in [0.5, 0.6) is 5.75 Å². The van der Waals surface area contributed by atoms with E-state index in [2.05, 4.69) is 0 Å². The van der Waals surface area contributed by atoms with Crippen molar-refractivity contribution < 1.29 is 8.95 Å². The molecule has 21 heavy (non-hydrogen) atoms. The van der Waals surface area contributed by atoms with Crippen LogP contribution in [0.1, 0.15) is 12.0 Å². The first-order valence-electron chi connectivity index (χ1n) is 6.71. The molecule has 2 rings (SSSR count). The summed E-state index contributed by atoms with van der Waals surface area (Å²) >= 11 is 5.82. The fourth-order valence-corrected chi connectivity index (χ4v) is 3.09. The van der Waals surface area contributed by atoms with Gasteiger partial charge in [-0.15, -0.1) is 0 Å². The standard InChI is InChI=1S/C16H18ClNO2S/c17-14-4-2-13(3-5-14)12-21(19)11-1-10-20-16-8-6-15(18)7-9-16/h2-9H,1,10-12,18H2. The molecule has 0 saturated heterocycles. The Balaban J connectivity index is 1.67. The summed E-state index contributed by atoms with van der Waals surface area (Å²) < 4.78 is 17.5. The average molecular weight is 324 g/mol. The van der Waals surface area contributed by atoms with Crippen molar-refractivity contribution in [2.24, 2.45) is 0 Å². The Hall–Kier alpha value is -1.52. The molecule has 0 aliphatic carbocycles. The second kappa shape index (κ2) is 8.05. The van der Waals surface area contributed by atoms with Gasteiger partial charge in [0, 0.05) is 33.0 Å². The summed E-state index contributed by atoms with van der Waals surface area (Å²) in [5.74, 6) is 1.96. The number of anilines is 1. The summed E-state index contributed by atoms with van der Waals surface area (Å²) in [6.45, 7) is 0.552. The first kappa shape index (κ1) is 15.9. The van der Waals surface area contributed by atoms with Gasteiger partial charge in [-0.1, -0.05) is 23.7 Å². The number of halogens is 1. The third kappa shape index (κ3) is 5.78. The molecule has 3 nitrogen and oxygen atoms in total. The molecular weight excluding hydrogens is 306 g/mol. The fourth-order valence-electron chi connectivity index (χ4n) is 1.81. The predicted molar refractivity (Wildman–Crippen MR) is 89.1 cm³/mol. The monoisotopic (exact) mass is 323 g/mol. The Labute approximate surface area is 132 Å². The zero-order valence-electron chi connectivity index (χ0n) is 11.6. The first-order chi connectivity index (χ1) is 10.1. The highest BCUT2D eigenvalue weighted by Gasteiger charge is 2.02. The largest absolute Gasteiger partial charge is 0.494 e. The molecule has 2 aromatic rings. The van der Waals surface area contributed by atoms with Crippen LogP contribution in [-0.4, -0.2) is 16.6 Å². The first-order valence-corrected chi connectivity index (χ1v) is 8.58. The molecule has 5 heteroatoms. The number of ether oxygens (including phenoxy) is 1. The topological polar surface area (TPSA) is 52.3 Å². The van der Waals surface area contributed by atoms with Crippen molar-refractivity contribution in [3.8, 4) is 5.75 Å². The number of nitrogen functional groups attached to an aromatic ring is 1. The van der Waals surface area contributed by atoms with E-state index < -0.39 is 10.8 Å². The maximum atomic E-state index is 12.0. The minimum atomic E-state index is -0.882. The van der Waals surface area contributed by atoms with E-state index in [1.807, 2.05) is 36.4 Å². The van der Waals surface area contributed by atoms with E-state index in [9.17, 15) is 4.21 Å². The van der Waals surface area contributed by atoms with Crippen LogP contribution in [0, 0.1) is 0 Å². The van der Waals surface area contributed by atoms with Crippen LogP contribution in [0.2, 0.25) is 5.02 Å². The summed E-state index contributed by atoms with van der Waals surface area (Å²) in [6, 6.07) is 14.7. The van der Waals surface area contributed by atoms with Crippen LogP contribution in [0.4, 0.5) is 5.69 Å². The molecule has 0 spiro atoms. The lowest BCUT2D eigenvalue weighted by atomic mass is 10.2. The molecule has 1 atom stereocenters. The predicted octanol–water partition coefficient (Wildman–Crippen LogP) is 3.64. The Morgan fingerprint density at radius 1 is 1.05 bits per heavy atom. The molecule has 2 aromatic carbocycles. The summed E-state index contributed by atoms with van der Waals surface area (Å²) in [7, 11) is -0.882. The number of hydrogen-bond acceptors (Lipinski definition) is 3. The van der Waals surface area contributed by atoms with Gasteiger partial charge in [-0.05, 0) is 48.4 Å². The minimum absolute atomic E-state index is 0.552. The zero-order valence-corrected chi connectivity index (χ0v) is 13.2. The summed E-state index contributed by atoms with van der Waals surface area (Å²) in [4.78, 5) is 0. The molecule has 0 aliphatic rings. The van der Waals surface area contributed by atoms with Gasteiger partial charge in [0.25, 0.3) is 0 Å².